The molecule has 0 N–H and O–H groups in total. The van der Waals surface area contributed by atoms with Crippen molar-refractivity contribution in [3.63, 3.8) is 0 Å². The van der Waals surface area contributed by atoms with E-state index in [9.17, 15) is 4.79 Å². The standard InChI is InChI=1S/C25H39N3O3/c1-19-17-24-23(9-16-31-24)25(26-19)28-13-11-27(12-14-28)10-7-20-3-5-21(6-4-20)18-22(29)8-15-30-2/h17,20-21H,3-16,18H2,1-2H3. The Bertz CT molecular complexity index is 738. The molecule has 31 heavy (non-hydrogen) atoms. The van der Waals surface area contributed by atoms with Gasteiger partial charge in [-0.25, -0.2) is 4.98 Å². The van der Waals surface area contributed by atoms with Gasteiger partial charge in [0.15, 0.2) is 0 Å². The largest absolute Gasteiger partial charge is 0.493 e. The molecular formula is C25H39N3O3. The Balaban J connectivity index is 1.16. The number of ether oxygens (including phenoxy) is 2. The molecule has 1 aromatic heterocycles. The number of aryl methyl sites for hydroxylation is 1. The first kappa shape index (κ1) is 22.5. The summed E-state index contributed by atoms with van der Waals surface area (Å²) in [5, 5.41) is 0. The first-order valence-corrected chi connectivity index (χ1v) is 12.2. The number of hydrogen-bond acceptors (Lipinski definition) is 6. The smallest absolute Gasteiger partial charge is 0.135 e. The summed E-state index contributed by atoms with van der Waals surface area (Å²) in [4.78, 5) is 21.9. The van der Waals surface area contributed by atoms with Gasteiger partial charge in [0.25, 0.3) is 0 Å². The lowest BCUT2D eigenvalue weighted by Gasteiger charge is -2.37. The van der Waals surface area contributed by atoms with Gasteiger partial charge in [-0.2, -0.15) is 0 Å². The maximum Gasteiger partial charge on any atom is 0.135 e. The van der Waals surface area contributed by atoms with Crippen LogP contribution in [0.1, 0.15) is 56.2 Å². The van der Waals surface area contributed by atoms with E-state index in [0.29, 0.717) is 24.7 Å². The van der Waals surface area contributed by atoms with Crippen LogP contribution in [0.4, 0.5) is 5.82 Å². The molecule has 3 heterocycles. The van der Waals surface area contributed by atoms with Crippen LogP contribution in [0.3, 0.4) is 0 Å². The van der Waals surface area contributed by atoms with Crippen LogP contribution >= 0.6 is 0 Å². The number of carbonyl (C=O) groups is 1. The molecule has 1 aromatic rings. The van der Waals surface area contributed by atoms with E-state index >= 15 is 0 Å². The van der Waals surface area contributed by atoms with Gasteiger partial charge in [-0.05, 0) is 44.6 Å². The third-order valence-corrected chi connectivity index (χ3v) is 7.39. The Morgan fingerprint density at radius 1 is 1.16 bits per heavy atom. The highest BCUT2D eigenvalue weighted by molar-refractivity contribution is 5.78. The van der Waals surface area contributed by atoms with Gasteiger partial charge >= 0.3 is 0 Å². The quantitative estimate of drug-likeness (QED) is 0.597. The number of aromatic nitrogens is 1. The highest BCUT2D eigenvalue weighted by Crippen LogP contribution is 2.35. The number of rotatable bonds is 9. The van der Waals surface area contributed by atoms with E-state index < -0.39 is 0 Å². The Hall–Kier alpha value is -1.66. The van der Waals surface area contributed by atoms with Crippen molar-refractivity contribution in [2.45, 2.75) is 58.3 Å². The minimum atomic E-state index is 0.378. The van der Waals surface area contributed by atoms with Crippen LogP contribution < -0.4 is 9.64 Å². The molecule has 0 aromatic carbocycles. The third-order valence-electron chi connectivity index (χ3n) is 7.39. The summed E-state index contributed by atoms with van der Waals surface area (Å²) in [6, 6.07) is 2.08. The van der Waals surface area contributed by atoms with Crippen LogP contribution in [-0.2, 0) is 16.0 Å². The molecule has 0 atom stereocenters. The molecule has 1 saturated carbocycles. The molecule has 3 aliphatic rings. The van der Waals surface area contributed by atoms with E-state index in [4.69, 9.17) is 14.5 Å². The monoisotopic (exact) mass is 429 g/mol. The van der Waals surface area contributed by atoms with Crippen molar-refractivity contribution in [2.24, 2.45) is 11.8 Å². The number of methoxy groups -OCH3 is 1. The Labute approximate surface area is 187 Å². The summed E-state index contributed by atoms with van der Waals surface area (Å²) >= 11 is 0. The first-order chi connectivity index (χ1) is 15.1. The third kappa shape index (κ3) is 5.98. The number of nitrogens with zero attached hydrogens (tertiary/aromatic N) is 3. The molecular weight excluding hydrogens is 390 g/mol. The van der Waals surface area contributed by atoms with Crippen molar-refractivity contribution in [1.29, 1.82) is 0 Å². The zero-order valence-corrected chi connectivity index (χ0v) is 19.4. The van der Waals surface area contributed by atoms with Gasteiger partial charge in [-0.15, -0.1) is 0 Å². The number of Topliss-reactive ketones (excluding diaryl/α,β-unsaturated/α-hetero) is 1. The van der Waals surface area contributed by atoms with Crippen LogP contribution in [0.25, 0.3) is 0 Å². The second-order valence-corrected chi connectivity index (χ2v) is 9.65. The van der Waals surface area contributed by atoms with Crippen LogP contribution in [-0.4, -0.2) is 68.7 Å². The van der Waals surface area contributed by atoms with Gasteiger partial charge in [0, 0.05) is 69.9 Å². The lowest BCUT2D eigenvalue weighted by Crippen LogP contribution is -2.47. The van der Waals surface area contributed by atoms with Gasteiger partial charge < -0.3 is 14.4 Å². The molecule has 1 saturated heterocycles. The number of hydrogen-bond donors (Lipinski definition) is 0. The summed E-state index contributed by atoms with van der Waals surface area (Å²) in [7, 11) is 1.67. The van der Waals surface area contributed by atoms with E-state index in [-0.39, 0.29) is 0 Å². The van der Waals surface area contributed by atoms with Crippen molar-refractivity contribution in [3.8, 4) is 5.75 Å². The second kappa shape index (κ2) is 10.8. The zero-order chi connectivity index (χ0) is 21.6. The fraction of sp³-hybridized carbons (Fsp3) is 0.760. The number of ketones is 1. The van der Waals surface area contributed by atoms with Crippen molar-refractivity contribution >= 4 is 11.6 Å². The fourth-order valence-corrected chi connectivity index (χ4v) is 5.45. The average molecular weight is 430 g/mol. The van der Waals surface area contributed by atoms with Crippen molar-refractivity contribution in [1.82, 2.24) is 9.88 Å². The van der Waals surface area contributed by atoms with Gasteiger partial charge in [0.1, 0.15) is 17.4 Å². The second-order valence-electron chi connectivity index (χ2n) is 9.65. The van der Waals surface area contributed by atoms with Gasteiger partial charge in [-0.1, -0.05) is 12.8 Å². The molecule has 0 amide bonds. The predicted molar refractivity (Wildman–Crippen MR) is 123 cm³/mol. The minimum Gasteiger partial charge on any atom is -0.493 e. The van der Waals surface area contributed by atoms with Gasteiger partial charge in [0.05, 0.1) is 13.2 Å². The minimum absolute atomic E-state index is 0.378. The summed E-state index contributed by atoms with van der Waals surface area (Å²) in [5.41, 5.74) is 2.35. The summed E-state index contributed by atoms with van der Waals surface area (Å²) in [6.07, 6.45) is 8.67. The Morgan fingerprint density at radius 3 is 2.65 bits per heavy atom. The molecule has 2 aliphatic heterocycles. The number of fused-ring (bicyclic) bond motifs is 1. The van der Waals surface area contributed by atoms with Gasteiger partial charge in [-0.3, -0.25) is 9.69 Å². The van der Waals surface area contributed by atoms with Crippen LogP contribution in [0.5, 0.6) is 5.75 Å². The predicted octanol–water partition coefficient (Wildman–Crippen LogP) is 3.64. The van der Waals surface area contributed by atoms with Crippen molar-refractivity contribution < 1.29 is 14.3 Å². The molecule has 1 aliphatic carbocycles. The maximum absolute atomic E-state index is 12.0. The van der Waals surface area contributed by atoms with E-state index in [0.717, 1.165) is 68.8 Å². The topological polar surface area (TPSA) is 54.9 Å². The number of piperazine rings is 1. The first-order valence-electron chi connectivity index (χ1n) is 12.2. The highest BCUT2D eigenvalue weighted by Gasteiger charge is 2.27. The Kier molecular flexibility index (Phi) is 7.83. The van der Waals surface area contributed by atoms with Crippen LogP contribution in [0.2, 0.25) is 0 Å². The lowest BCUT2D eigenvalue weighted by molar-refractivity contribution is -0.121. The van der Waals surface area contributed by atoms with E-state index in [2.05, 4.69) is 22.8 Å². The molecule has 4 rings (SSSR count). The highest BCUT2D eigenvalue weighted by atomic mass is 16.5. The number of anilines is 1. The van der Waals surface area contributed by atoms with Crippen molar-refractivity contribution in [2.75, 3.05) is 57.9 Å². The van der Waals surface area contributed by atoms with E-state index in [1.807, 2.05) is 0 Å². The summed E-state index contributed by atoms with van der Waals surface area (Å²) in [5.74, 6) is 4.02. The number of pyridine rings is 1. The number of carbonyl (C=O) groups excluding carboxylic acids is 1. The molecule has 172 valence electrons. The fourth-order valence-electron chi connectivity index (χ4n) is 5.45. The summed E-state index contributed by atoms with van der Waals surface area (Å²) < 4.78 is 10.8. The maximum atomic E-state index is 12.0. The molecule has 6 heteroatoms. The van der Waals surface area contributed by atoms with E-state index in [1.54, 1.807) is 7.11 Å². The van der Waals surface area contributed by atoms with Crippen LogP contribution in [0, 0.1) is 18.8 Å². The zero-order valence-electron chi connectivity index (χ0n) is 19.4. The van der Waals surface area contributed by atoms with Crippen molar-refractivity contribution in [3.05, 3.63) is 17.3 Å². The molecule has 6 nitrogen and oxygen atoms in total. The average Bonchev–Trinajstić information content (AvgIpc) is 3.25. The van der Waals surface area contributed by atoms with E-state index in [1.165, 1.54) is 44.2 Å². The summed E-state index contributed by atoms with van der Waals surface area (Å²) in [6.45, 7) is 8.97. The lowest BCUT2D eigenvalue weighted by atomic mass is 9.78. The molecule has 0 spiro atoms. The molecule has 0 unspecified atom stereocenters. The molecule has 2 fully saturated rings. The van der Waals surface area contributed by atoms with Crippen LogP contribution in [0.15, 0.2) is 6.07 Å². The molecule has 0 radical (unpaired) electrons. The SMILES string of the molecule is COCCC(=O)CC1CCC(CCN2CCN(c3nc(C)cc4c3CCO4)CC2)CC1. The van der Waals surface area contributed by atoms with Gasteiger partial charge in [0.2, 0.25) is 0 Å². The normalized spacial score (nSPS) is 24.1. The molecule has 0 bridgehead atoms. The Morgan fingerprint density at radius 2 is 1.90 bits per heavy atom.